The summed E-state index contributed by atoms with van der Waals surface area (Å²) in [6.45, 7) is 6.16. The van der Waals surface area contributed by atoms with Crippen molar-refractivity contribution >= 4 is 11.6 Å². The zero-order valence-corrected chi connectivity index (χ0v) is 10.1. The molecule has 86 valence electrons. The summed E-state index contributed by atoms with van der Waals surface area (Å²) in [6.07, 6.45) is 1.59. The van der Waals surface area contributed by atoms with Crippen LogP contribution in [0.2, 0.25) is 0 Å². The minimum absolute atomic E-state index is 0.0566. The molecule has 0 heterocycles. The first-order chi connectivity index (χ1) is 7.44. The fourth-order valence-corrected chi connectivity index (χ4v) is 1.70. The molecule has 1 aliphatic carbocycles. The Morgan fingerprint density at radius 1 is 1.25 bits per heavy atom. The largest absolute Gasteiger partial charge is 0.324 e. The van der Waals surface area contributed by atoms with Crippen molar-refractivity contribution in [1.29, 1.82) is 0 Å². The van der Waals surface area contributed by atoms with Crippen molar-refractivity contribution in [2.24, 2.45) is 5.73 Å². The molecule has 3 N–H and O–H groups in total. The molecule has 1 aliphatic rings. The molecule has 0 spiro atoms. The van der Waals surface area contributed by atoms with Crippen molar-refractivity contribution in [2.45, 2.75) is 39.2 Å². The average Bonchev–Trinajstić information content (AvgIpc) is 2.99. The van der Waals surface area contributed by atoms with Gasteiger partial charge in [0.25, 0.3) is 0 Å². The zero-order chi connectivity index (χ0) is 11.9. The van der Waals surface area contributed by atoms with Crippen LogP contribution in [-0.4, -0.2) is 11.4 Å². The Bertz CT molecular complexity index is 447. The van der Waals surface area contributed by atoms with Gasteiger partial charge in [-0.05, 0) is 56.4 Å². The molecule has 1 aromatic carbocycles. The lowest BCUT2D eigenvalue weighted by Crippen LogP contribution is -2.38. The van der Waals surface area contributed by atoms with Crippen molar-refractivity contribution in [1.82, 2.24) is 0 Å². The van der Waals surface area contributed by atoms with E-state index in [4.69, 9.17) is 5.73 Å². The first kappa shape index (κ1) is 11.1. The maximum Gasteiger partial charge on any atom is 0.244 e. The number of rotatable bonds is 2. The minimum Gasteiger partial charge on any atom is -0.324 e. The summed E-state index contributed by atoms with van der Waals surface area (Å²) in [4.78, 5) is 11.8. The van der Waals surface area contributed by atoms with Gasteiger partial charge >= 0.3 is 0 Å². The molecule has 16 heavy (non-hydrogen) atoms. The molecular weight excluding hydrogens is 200 g/mol. The van der Waals surface area contributed by atoms with E-state index >= 15 is 0 Å². The standard InChI is InChI=1S/C13H18N2O/c1-8-4-5-11(10(3)9(8)2)15-12(16)13(14)6-7-13/h4-5H,6-7,14H2,1-3H3,(H,15,16). The molecular formula is C13H18N2O. The number of hydrogen-bond donors (Lipinski definition) is 2. The van der Waals surface area contributed by atoms with Gasteiger partial charge in [0.2, 0.25) is 5.91 Å². The predicted octanol–water partition coefficient (Wildman–Crippen LogP) is 2.04. The number of benzene rings is 1. The number of nitrogens with one attached hydrogen (secondary N) is 1. The van der Waals surface area contributed by atoms with Crippen molar-refractivity contribution in [3.63, 3.8) is 0 Å². The third kappa shape index (κ3) is 1.83. The lowest BCUT2D eigenvalue weighted by molar-refractivity contribution is -0.118. The topological polar surface area (TPSA) is 55.1 Å². The van der Waals surface area contributed by atoms with Gasteiger partial charge in [-0.15, -0.1) is 0 Å². The molecule has 3 nitrogen and oxygen atoms in total. The smallest absolute Gasteiger partial charge is 0.244 e. The summed E-state index contributed by atoms with van der Waals surface area (Å²) in [6, 6.07) is 3.97. The molecule has 1 fully saturated rings. The SMILES string of the molecule is Cc1ccc(NC(=O)C2(N)CC2)c(C)c1C. The Hall–Kier alpha value is -1.35. The van der Waals surface area contributed by atoms with Gasteiger partial charge in [-0.2, -0.15) is 0 Å². The highest BCUT2D eigenvalue weighted by atomic mass is 16.2. The molecule has 1 aromatic rings. The van der Waals surface area contributed by atoms with Crippen molar-refractivity contribution in [3.05, 3.63) is 28.8 Å². The quantitative estimate of drug-likeness (QED) is 0.798. The molecule has 3 heteroatoms. The normalized spacial score (nSPS) is 17.0. The van der Waals surface area contributed by atoms with Crippen LogP contribution >= 0.6 is 0 Å². The van der Waals surface area contributed by atoms with Crippen LogP contribution in [0.3, 0.4) is 0 Å². The number of nitrogens with two attached hydrogens (primary N) is 1. The summed E-state index contributed by atoms with van der Waals surface area (Å²) in [5.74, 6) is -0.0566. The Morgan fingerprint density at radius 3 is 2.44 bits per heavy atom. The van der Waals surface area contributed by atoms with E-state index in [0.717, 1.165) is 24.1 Å². The van der Waals surface area contributed by atoms with E-state index in [-0.39, 0.29) is 5.91 Å². The molecule has 0 saturated heterocycles. The molecule has 1 amide bonds. The molecule has 2 rings (SSSR count). The van der Waals surface area contributed by atoms with E-state index in [9.17, 15) is 4.79 Å². The maximum atomic E-state index is 11.8. The van der Waals surface area contributed by atoms with Crippen LogP contribution in [0.5, 0.6) is 0 Å². The summed E-state index contributed by atoms with van der Waals surface area (Å²) < 4.78 is 0. The Morgan fingerprint density at radius 2 is 1.88 bits per heavy atom. The van der Waals surface area contributed by atoms with Gasteiger partial charge in [0.15, 0.2) is 0 Å². The summed E-state index contributed by atoms with van der Waals surface area (Å²) in [5, 5.41) is 2.92. The number of hydrogen-bond acceptors (Lipinski definition) is 2. The van der Waals surface area contributed by atoms with Crippen LogP contribution in [0.15, 0.2) is 12.1 Å². The second kappa shape index (κ2) is 3.59. The molecule has 0 aromatic heterocycles. The van der Waals surface area contributed by atoms with Crippen LogP contribution in [-0.2, 0) is 4.79 Å². The van der Waals surface area contributed by atoms with Gasteiger partial charge in [0.1, 0.15) is 0 Å². The molecule has 0 unspecified atom stereocenters. The second-order valence-corrected chi connectivity index (χ2v) is 4.79. The second-order valence-electron chi connectivity index (χ2n) is 4.79. The Balaban J connectivity index is 2.22. The molecule has 1 saturated carbocycles. The van der Waals surface area contributed by atoms with Crippen LogP contribution in [0.25, 0.3) is 0 Å². The Kier molecular flexibility index (Phi) is 2.50. The molecule has 0 atom stereocenters. The van der Waals surface area contributed by atoms with E-state index in [2.05, 4.69) is 19.2 Å². The zero-order valence-electron chi connectivity index (χ0n) is 10.1. The number of carbonyl (C=O) groups is 1. The lowest BCUT2D eigenvalue weighted by Gasteiger charge is -2.14. The number of carbonyl (C=O) groups excluding carboxylic acids is 1. The van der Waals surface area contributed by atoms with Gasteiger partial charge in [0.05, 0.1) is 5.54 Å². The Labute approximate surface area is 96.0 Å². The van der Waals surface area contributed by atoms with E-state index in [0.29, 0.717) is 0 Å². The highest BCUT2D eigenvalue weighted by Crippen LogP contribution is 2.34. The lowest BCUT2D eigenvalue weighted by atomic mass is 10.0. The van der Waals surface area contributed by atoms with E-state index in [1.807, 2.05) is 19.1 Å². The summed E-state index contributed by atoms with van der Waals surface area (Å²) in [7, 11) is 0. The van der Waals surface area contributed by atoms with Crippen LogP contribution < -0.4 is 11.1 Å². The van der Waals surface area contributed by atoms with Gasteiger partial charge in [-0.1, -0.05) is 6.07 Å². The summed E-state index contributed by atoms with van der Waals surface area (Å²) in [5.41, 5.74) is 9.70. The van der Waals surface area contributed by atoms with E-state index in [1.54, 1.807) is 0 Å². The van der Waals surface area contributed by atoms with E-state index < -0.39 is 5.54 Å². The van der Waals surface area contributed by atoms with Crippen molar-refractivity contribution in [3.8, 4) is 0 Å². The number of amides is 1. The van der Waals surface area contributed by atoms with Gasteiger partial charge in [-0.3, -0.25) is 4.79 Å². The minimum atomic E-state index is -0.606. The number of anilines is 1. The highest BCUT2D eigenvalue weighted by Gasteiger charge is 2.46. The fraction of sp³-hybridized carbons (Fsp3) is 0.462. The van der Waals surface area contributed by atoms with Crippen LogP contribution in [0, 0.1) is 20.8 Å². The van der Waals surface area contributed by atoms with Crippen molar-refractivity contribution in [2.75, 3.05) is 5.32 Å². The number of aryl methyl sites for hydroxylation is 1. The van der Waals surface area contributed by atoms with Crippen molar-refractivity contribution < 1.29 is 4.79 Å². The summed E-state index contributed by atoms with van der Waals surface area (Å²) >= 11 is 0. The van der Waals surface area contributed by atoms with Gasteiger partial charge in [0, 0.05) is 5.69 Å². The first-order valence-corrected chi connectivity index (χ1v) is 5.61. The highest BCUT2D eigenvalue weighted by molar-refractivity contribution is 6.00. The third-order valence-electron chi connectivity index (χ3n) is 3.55. The average molecular weight is 218 g/mol. The third-order valence-corrected chi connectivity index (χ3v) is 3.55. The maximum absolute atomic E-state index is 11.8. The monoisotopic (exact) mass is 218 g/mol. The first-order valence-electron chi connectivity index (χ1n) is 5.61. The van der Waals surface area contributed by atoms with E-state index in [1.165, 1.54) is 11.1 Å². The van der Waals surface area contributed by atoms with Crippen LogP contribution in [0.4, 0.5) is 5.69 Å². The van der Waals surface area contributed by atoms with Gasteiger partial charge in [-0.25, -0.2) is 0 Å². The predicted molar refractivity (Wildman–Crippen MR) is 65.4 cm³/mol. The molecule has 0 bridgehead atoms. The fourth-order valence-electron chi connectivity index (χ4n) is 1.70. The molecule has 0 radical (unpaired) electrons. The van der Waals surface area contributed by atoms with Crippen LogP contribution in [0.1, 0.15) is 29.5 Å². The van der Waals surface area contributed by atoms with Gasteiger partial charge < -0.3 is 11.1 Å². The molecule has 0 aliphatic heterocycles.